The Balaban J connectivity index is 2.34. The summed E-state index contributed by atoms with van der Waals surface area (Å²) in [6.07, 6.45) is 1.68. The number of halogens is 1. The van der Waals surface area contributed by atoms with Crippen LogP contribution in [0.3, 0.4) is 0 Å². The van der Waals surface area contributed by atoms with Gasteiger partial charge in [-0.05, 0) is 30.2 Å². The molecule has 0 saturated heterocycles. The second kappa shape index (κ2) is 6.69. The zero-order valence-corrected chi connectivity index (χ0v) is 10.5. The fraction of sp³-hybridized carbons (Fsp3) is 0.462. The highest BCUT2D eigenvalue weighted by molar-refractivity contribution is 8.00. The maximum Gasteiger partial charge on any atom is 0.143 e. The van der Waals surface area contributed by atoms with E-state index >= 15 is 0 Å². The Labute approximate surface area is 100 Å². The number of hydrogen-bond acceptors (Lipinski definition) is 2. The van der Waals surface area contributed by atoms with E-state index in [4.69, 9.17) is 0 Å². The van der Waals surface area contributed by atoms with E-state index in [1.165, 1.54) is 23.9 Å². The standard InChI is InChI=1S/C13H17FOS/c1-3-10(2)8-12(15)9-16-13-6-4-11(14)5-7-13/h4-7,10H,3,8-9H2,1-2H3. The third-order valence-electron chi connectivity index (χ3n) is 2.49. The zero-order valence-electron chi connectivity index (χ0n) is 9.70. The molecule has 0 aliphatic heterocycles. The highest BCUT2D eigenvalue weighted by Gasteiger charge is 2.07. The Kier molecular flexibility index (Phi) is 5.53. The molecule has 1 nitrogen and oxygen atoms in total. The van der Waals surface area contributed by atoms with E-state index < -0.39 is 0 Å². The Morgan fingerprint density at radius 3 is 2.56 bits per heavy atom. The number of ketones is 1. The molecule has 0 spiro atoms. The average Bonchev–Trinajstić information content (AvgIpc) is 2.28. The predicted molar refractivity (Wildman–Crippen MR) is 66.2 cm³/mol. The monoisotopic (exact) mass is 240 g/mol. The van der Waals surface area contributed by atoms with Crippen molar-refractivity contribution in [1.29, 1.82) is 0 Å². The van der Waals surface area contributed by atoms with Gasteiger partial charge in [0, 0.05) is 11.3 Å². The minimum Gasteiger partial charge on any atom is -0.299 e. The van der Waals surface area contributed by atoms with Gasteiger partial charge in [0.1, 0.15) is 11.6 Å². The van der Waals surface area contributed by atoms with Crippen LogP contribution in [0.15, 0.2) is 29.2 Å². The molecule has 0 heterocycles. The molecule has 0 fully saturated rings. The highest BCUT2D eigenvalue weighted by atomic mass is 32.2. The molecule has 88 valence electrons. The minimum atomic E-state index is -0.240. The molecule has 1 aromatic rings. The van der Waals surface area contributed by atoms with Gasteiger partial charge in [0.15, 0.2) is 0 Å². The van der Waals surface area contributed by atoms with E-state index in [-0.39, 0.29) is 11.6 Å². The zero-order chi connectivity index (χ0) is 12.0. The predicted octanol–water partition coefficient (Wildman–Crippen LogP) is 3.92. The highest BCUT2D eigenvalue weighted by Crippen LogP contribution is 2.19. The molecule has 0 aliphatic rings. The van der Waals surface area contributed by atoms with Gasteiger partial charge in [0.05, 0.1) is 5.75 Å². The van der Waals surface area contributed by atoms with Gasteiger partial charge in [-0.15, -0.1) is 11.8 Å². The summed E-state index contributed by atoms with van der Waals surface area (Å²) in [4.78, 5) is 12.5. The quantitative estimate of drug-likeness (QED) is 0.701. The van der Waals surface area contributed by atoms with Gasteiger partial charge in [-0.1, -0.05) is 20.3 Å². The van der Waals surface area contributed by atoms with Crippen LogP contribution in [0.25, 0.3) is 0 Å². The van der Waals surface area contributed by atoms with E-state index in [0.29, 0.717) is 18.1 Å². The van der Waals surface area contributed by atoms with Crippen molar-refractivity contribution in [1.82, 2.24) is 0 Å². The number of rotatable bonds is 6. The first-order valence-corrected chi connectivity index (χ1v) is 6.50. The number of carbonyl (C=O) groups excluding carboxylic acids is 1. The molecule has 3 heteroatoms. The first-order chi connectivity index (χ1) is 7.61. The second-order valence-corrected chi connectivity index (χ2v) is 5.05. The Bertz CT molecular complexity index is 334. The lowest BCUT2D eigenvalue weighted by Gasteiger charge is -2.06. The summed E-state index contributed by atoms with van der Waals surface area (Å²) in [5.41, 5.74) is 0. The Morgan fingerprint density at radius 2 is 2.00 bits per heavy atom. The molecule has 0 N–H and O–H groups in total. The van der Waals surface area contributed by atoms with Crippen molar-refractivity contribution in [2.24, 2.45) is 5.92 Å². The molecule has 16 heavy (non-hydrogen) atoms. The average molecular weight is 240 g/mol. The van der Waals surface area contributed by atoms with E-state index in [2.05, 4.69) is 13.8 Å². The van der Waals surface area contributed by atoms with Crippen LogP contribution in [0.1, 0.15) is 26.7 Å². The molecule has 0 radical (unpaired) electrons. The second-order valence-electron chi connectivity index (χ2n) is 4.00. The number of carbonyl (C=O) groups is 1. The van der Waals surface area contributed by atoms with Crippen LogP contribution in [0.2, 0.25) is 0 Å². The van der Waals surface area contributed by atoms with Crippen LogP contribution < -0.4 is 0 Å². The third kappa shape index (κ3) is 4.79. The van der Waals surface area contributed by atoms with Gasteiger partial charge < -0.3 is 0 Å². The van der Waals surface area contributed by atoms with Gasteiger partial charge >= 0.3 is 0 Å². The van der Waals surface area contributed by atoms with Gasteiger partial charge in [-0.3, -0.25) is 4.79 Å². The van der Waals surface area contributed by atoms with Gasteiger partial charge in [0.2, 0.25) is 0 Å². The summed E-state index contributed by atoms with van der Waals surface area (Å²) < 4.78 is 12.6. The van der Waals surface area contributed by atoms with Crippen molar-refractivity contribution < 1.29 is 9.18 Å². The van der Waals surface area contributed by atoms with Crippen LogP contribution in [0, 0.1) is 11.7 Å². The fourth-order valence-electron chi connectivity index (χ4n) is 1.29. The molecular formula is C13H17FOS. The molecule has 1 rings (SSSR count). The summed E-state index contributed by atoms with van der Waals surface area (Å²) in [5, 5.41) is 0. The lowest BCUT2D eigenvalue weighted by Crippen LogP contribution is -2.06. The SMILES string of the molecule is CCC(C)CC(=O)CSc1ccc(F)cc1. The lowest BCUT2D eigenvalue weighted by atomic mass is 10.0. The molecule has 0 amide bonds. The van der Waals surface area contributed by atoms with Gasteiger partial charge in [-0.25, -0.2) is 4.39 Å². The van der Waals surface area contributed by atoms with Crippen LogP contribution in [0.4, 0.5) is 4.39 Å². The van der Waals surface area contributed by atoms with E-state index in [9.17, 15) is 9.18 Å². The summed E-state index contributed by atoms with van der Waals surface area (Å²) in [6.45, 7) is 4.17. The van der Waals surface area contributed by atoms with Crippen molar-refractivity contribution in [2.75, 3.05) is 5.75 Å². The summed E-state index contributed by atoms with van der Waals surface area (Å²) in [5.74, 6) is 0.968. The molecule has 0 aromatic heterocycles. The third-order valence-corrected chi connectivity index (χ3v) is 3.56. The topological polar surface area (TPSA) is 17.1 Å². The van der Waals surface area contributed by atoms with E-state index in [1.807, 2.05) is 0 Å². The summed E-state index contributed by atoms with van der Waals surface area (Å²) in [6, 6.07) is 6.25. The summed E-state index contributed by atoms with van der Waals surface area (Å²) >= 11 is 1.47. The summed E-state index contributed by atoms with van der Waals surface area (Å²) in [7, 11) is 0. The van der Waals surface area contributed by atoms with Crippen LogP contribution in [-0.2, 0) is 4.79 Å². The molecule has 0 saturated carbocycles. The molecule has 1 unspecified atom stereocenters. The molecule has 0 bridgehead atoms. The van der Waals surface area contributed by atoms with Crippen LogP contribution in [-0.4, -0.2) is 11.5 Å². The maximum atomic E-state index is 12.6. The van der Waals surface area contributed by atoms with E-state index in [0.717, 1.165) is 11.3 Å². The van der Waals surface area contributed by atoms with Gasteiger partial charge in [0.25, 0.3) is 0 Å². The Morgan fingerprint density at radius 1 is 1.38 bits per heavy atom. The van der Waals surface area contributed by atoms with Crippen molar-refractivity contribution in [2.45, 2.75) is 31.6 Å². The fourth-order valence-corrected chi connectivity index (χ4v) is 2.06. The Hall–Kier alpha value is -0.830. The number of thioether (sulfide) groups is 1. The van der Waals surface area contributed by atoms with Crippen LogP contribution >= 0.6 is 11.8 Å². The first-order valence-electron chi connectivity index (χ1n) is 5.52. The van der Waals surface area contributed by atoms with E-state index in [1.54, 1.807) is 12.1 Å². The lowest BCUT2D eigenvalue weighted by molar-refractivity contribution is -0.117. The number of benzene rings is 1. The largest absolute Gasteiger partial charge is 0.299 e. The molecule has 0 aliphatic carbocycles. The number of hydrogen-bond donors (Lipinski definition) is 0. The minimum absolute atomic E-state index is 0.240. The van der Waals surface area contributed by atoms with Gasteiger partial charge in [-0.2, -0.15) is 0 Å². The maximum absolute atomic E-state index is 12.6. The van der Waals surface area contributed by atoms with Crippen molar-refractivity contribution in [3.05, 3.63) is 30.1 Å². The number of Topliss-reactive ketones (excluding diaryl/α,β-unsaturated/α-hetero) is 1. The van der Waals surface area contributed by atoms with Crippen molar-refractivity contribution in [3.63, 3.8) is 0 Å². The van der Waals surface area contributed by atoms with Crippen molar-refractivity contribution >= 4 is 17.5 Å². The van der Waals surface area contributed by atoms with Crippen molar-refractivity contribution in [3.8, 4) is 0 Å². The molecule has 1 aromatic carbocycles. The molecule has 1 atom stereocenters. The normalized spacial score (nSPS) is 12.4. The van der Waals surface area contributed by atoms with Crippen LogP contribution in [0.5, 0.6) is 0 Å². The first kappa shape index (κ1) is 13.2. The molecular weight excluding hydrogens is 223 g/mol. The smallest absolute Gasteiger partial charge is 0.143 e.